The third kappa shape index (κ3) is 4.07. The SMILES string of the molecule is O=C(/C=C/c1ccc(C(=O)Nc2cnc3ccccc3c2)cc1)NO. The van der Waals surface area contributed by atoms with Gasteiger partial charge in [0.25, 0.3) is 11.8 Å². The maximum absolute atomic E-state index is 12.3. The molecular weight excluding hydrogens is 318 g/mol. The Morgan fingerprint density at radius 3 is 2.56 bits per heavy atom. The number of fused-ring (bicyclic) bond motifs is 1. The van der Waals surface area contributed by atoms with Gasteiger partial charge in [-0.2, -0.15) is 0 Å². The zero-order valence-corrected chi connectivity index (χ0v) is 13.1. The Labute approximate surface area is 143 Å². The van der Waals surface area contributed by atoms with Crippen molar-refractivity contribution in [3.63, 3.8) is 0 Å². The molecule has 0 atom stereocenters. The molecule has 0 aliphatic carbocycles. The summed E-state index contributed by atoms with van der Waals surface area (Å²) in [6.07, 6.45) is 4.33. The van der Waals surface area contributed by atoms with Crippen LogP contribution in [0.3, 0.4) is 0 Å². The molecule has 0 unspecified atom stereocenters. The van der Waals surface area contributed by atoms with Crippen molar-refractivity contribution < 1.29 is 14.8 Å². The van der Waals surface area contributed by atoms with Gasteiger partial charge < -0.3 is 5.32 Å². The number of rotatable bonds is 4. The second-order valence-corrected chi connectivity index (χ2v) is 5.30. The average molecular weight is 333 g/mol. The predicted octanol–water partition coefficient (Wildman–Crippen LogP) is 3.01. The molecule has 0 bridgehead atoms. The summed E-state index contributed by atoms with van der Waals surface area (Å²) < 4.78 is 0. The van der Waals surface area contributed by atoms with Crippen LogP contribution >= 0.6 is 0 Å². The largest absolute Gasteiger partial charge is 0.321 e. The van der Waals surface area contributed by atoms with Crippen LogP contribution in [0.4, 0.5) is 5.69 Å². The van der Waals surface area contributed by atoms with Crippen molar-refractivity contribution in [1.29, 1.82) is 0 Å². The van der Waals surface area contributed by atoms with Crippen LogP contribution in [0.25, 0.3) is 17.0 Å². The molecule has 0 spiro atoms. The third-order valence-electron chi connectivity index (χ3n) is 3.56. The lowest BCUT2D eigenvalue weighted by molar-refractivity contribution is -0.124. The molecule has 3 N–H and O–H groups in total. The molecule has 1 aromatic heterocycles. The number of hydrogen-bond acceptors (Lipinski definition) is 4. The van der Waals surface area contributed by atoms with Crippen LogP contribution in [0.15, 0.2) is 66.9 Å². The summed E-state index contributed by atoms with van der Waals surface area (Å²) in [4.78, 5) is 27.6. The van der Waals surface area contributed by atoms with Crippen LogP contribution in [-0.4, -0.2) is 22.0 Å². The molecule has 6 nitrogen and oxygen atoms in total. The van der Waals surface area contributed by atoms with E-state index < -0.39 is 5.91 Å². The first kappa shape index (κ1) is 16.4. The van der Waals surface area contributed by atoms with Crippen LogP contribution in [0.2, 0.25) is 0 Å². The fraction of sp³-hybridized carbons (Fsp3) is 0. The third-order valence-corrected chi connectivity index (χ3v) is 3.56. The van der Waals surface area contributed by atoms with Crippen LogP contribution < -0.4 is 10.8 Å². The molecule has 0 saturated carbocycles. The Kier molecular flexibility index (Phi) is 4.82. The lowest BCUT2D eigenvalue weighted by atomic mass is 10.1. The van der Waals surface area contributed by atoms with Crippen molar-refractivity contribution in [3.8, 4) is 0 Å². The number of benzene rings is 2. The van der Waals surface area contributed by atoms with Gasteiger partial charge in [0.15, 0.2) is 0 Å². The van der Waals surface area contributed by atoms with E-state index in [2.05, 4.69) is 10.3 Å². The number of nitrogens with zero attached hydrogens (tertiary/aromatic N) is 1. The molecule has 2 aromatic carbocycles. The summed E-state index contributed by atoms with van der Waals surface area (Å²) >= 11 is 0. The minimum atomic E-state index is -0.620. The van der Waals surface area contributed by atoms with Gasteiger partial charge in [0.2, 0.25) is 0 Å². The first-order valence-corrected chi connectivity index (χ1v) is 7.54. The van der Waals surface area contributed by atoms with Gasteiger partial charge in [-0.3, -0.25) is 19.8 Å². The number of hydrogen-bond donors (Lipinski definition) is 3. The van der Waals surface area contributed by atoms with E-state index in [0.29, 0.717) is 11.3 Å². The number of nitrogens with one attached hydrogen (secondary N) is 2. The number of anilines is 1. The van der Waals surface area contributed by atoms with Gasteiger partial charge in [0.05, 0.1) is 17.4 Å². The fourth-order valence-electron chi connectivity index (χ4n) is 2.30. The van der Waals surface area contributed by atoms with Crippen molar-refractivity contribution >= 4 is 34.5 Å². The number of hydroxylamine groups is 1. The lowest BCUT2D eigenvalue weighted by Crippen LogP contribution is -2.14. The van der Waals surface area contributed by atoms with Crippen molar-refractivity contribution in [2.75, 3.05) is 5.32 Å². The number of amides is 2. The molecule has 124 valence electrons. The summed E-state index contributed by atoms with van der Waals surface area (Å²) in [7, 11) is 0. The maximum Gasteiger partial charge on any atom is 0.267 e. The van der Waals surface area contributed by atoms with Crippen molar-refractivity contribution in [2.24, 2.45) is 0 Å². The molecule has 0 aliphatic heterocycles. The number of aromatic nitrogens is 1. The standard InChI is InChI=1S/C19H15N3O3/c23-18(22-25)10-7-13-5-8-14(9-6-13)19(24)21-16-11-15-3-1-2-4-17(15)20-12-16/h1-12,25H,(H,21,24)(H,22,23)/b10-7+. The van der Waals surface area contributed by atoms with E-state index in [1.807, 2.05) is 30.3 Å². The average Bonchev–Trinajstić information content (AvgIpc) is 2.66. The van der Waals surface area contributed by atoms with Gasteiger partial charge in [0, 0.05) is 17.0 Å². The number of para-hydroxylation sites is 1. The summed E-state index contributed by atoms with van der Waals surface area (Å²) in [6.45, 7) is 0. The minimum absolute atomic E-state index is 0.249. The molecule has 25 heavy (non-hydrogen) atoms. The molecule has 0 radical (unpaired) electrons. The monoisotopic (exact) mass is 333 g/mol. The maximum atomic E-state index is 12.3. The highest BCUT2D eigenvalue weighted by Crippen LogP contribution is 2.17. The van der Waals surface area contributed by atoms with E-state index in [9.17, 15) is 9.59 Å². The molecule has 0 saturated heterocycles. The summed E-state index contributed by atoms with van der Waals surface area (Å²) in [5.74, 6) is -0.869. The van der Waals surface area contributed by atoms with Crippen molar-refractivity contribution in [1.82, 2.24) is 10.5 Å². The zero-order chi connectivity index (χ0) is 17.6. The topological polar surface area (TPSA) is 91.3 Å². The zero-order valence-electron chi connectivity index (χ0n) is 13.1. The van der Waals surface area contributed by atoms with Gasteiger partial charge in [-0.05, 0) is 35.9 Å². The second kappa shape index (κ2) is 7.37. The summed E-state index contributed by atoms with van der Waals surface area (Å²) in [5, 5.41) is 12.2. The van der Waals surface area contributed by atoms with Gasteiger partial charge in [-0.15, -0.1) is 0 Å². The van der Waals surface area contributed by atoms with Gasteiger partial charge in [-0.1, -0.05) is 30.3 Å². The Hall–Kier alpha value is -3.51. The molecule has 0 aliphatic rings. The molecule has 3 aromatic rings. The van der Waals surface area contributed by atoms with Gasteiger partial charge in [0.1, 0.15) is 0 Å². The highest BCUT2D eigenvalue weighted by atomic mass is 16.5. The smallest absolute Gasteiger partial charge is 0.267 e. The van der Waals surface area contributed by atoms with E-state index in [0.717, 1.165) is 16.5 Å². The van der Waals surface area contributed by atoms with Crippen LogP contribution in [0.5, 0.6) is 0 Å². The number of pyridine rings is 1. The van der Waals surface area contributed by atoms with Gasteiger partial charge >= 0.3 is 0 Å². The first-order chi connectivity index (χ1) is 12.2. The van der Waals surface area contributed by atoms with E-state index in [1.165, 1.54) is 17.6 Å². The minimum Gasteiger partial charge on any atom is -0.321 e. The predicted molar refractivity (Wildman–Crippen MR) is 95.1 cm³/mol. The normalized spacial score (nSPS) is 10.8. The molecule has 0 fully saturated rings. The van der Waals surface area contributed by atoms with Crippen molar-refractivity contribution in [3.05, 3.63) is 78.0 Å². The number of carbonyl (C=O) groups excluding carboxylic acids is 2. The molecule has 1 heterocycles. The van der Waals surface area contributed by atoms with Crippen LogP contribution in [0.1, 0.15) is 15.9 Å². The summed E-state index contributed by atoms with van der Waals surface area (Å²) in [6, 6.07) is 16.2. The van der Waals surface area contributed by atoms with Gasteiger partial charge in [-0.25, -0.2) is 5.48 Å². The van der Waals surface area contributed by atoms with E-state index in [4.69, 9.17) is 5.21 Å². The lowest BCUT2D eigenvalue weighted by Gasteiger charge is -2.06. The Morgan fingerprint density at radius 1 is 1.04 bits per heavy atom. The Morgan fingerprint density at radius 2 is 1.80 bits per heavy atom. The molecule has 3 rings (SSSR count). The van der Waals surface area contributed by atoms with E-state index in [-0.39, 0.29) is 5.91 Å². The van der Waals surface area contributed by atoms with E-state index >= 15 is 0 Å². The Bertz CT molecular complexity index is 950. The fourth-order valence-corrected chi connectivity index (χ4v) is 2.30. The van der Waals surface area contributed by atoms with Crippen LogP contribution in [0, 0.1) is 0 Å². The quantitative estimate of drug-likeness (QED) is 0.389. The highest BCUT2D eigenvalue weighted by molar-refractivity contribution is 6.05. The first-order valence-electron chi connectivity index (χ1n) is 7.54. The second-order valence-electron chi connectivity index (χ2n) is 5.30. The van der Waals surface area contributed by atoms with E-state index in [1.54, 1.807) is 30.5 Å². The highest BCUT2D eigenvalue weighted by Gasteiger charge is 2.06. The Balaban J connectivity index is 1.71. The molecule has 2 amide bonds. The summed E-state index contributed by atoms with van der Waals surface area (Å²) in [5.41, 5.74) is 4.20. The van der Waals surface area contributed by atoms with Crippen molar-refractivity contribution in [2.45, 2.75) is 0 Å². The number of carbonyl (C=O) groups is 2. The van der Waals surface area contributed by atoms with Crippen LogP contribution in [-0.2, 0) is 4.79 Å². The molecular formula is C19H15N3O3. The molecule has 6 heteroatoms.